The zero-order valence-electron chi connectivity index (χ0n) is 14.3. The summed E-state index contributed by atoms with van der Waals surface area (Å²) >= 11 is 0. The highest BCUT2D eigenvalue weighted by Crippen LogP contribution is 2.21. The molecule has 6 heteroatoms. The van der Waals surface area contributed by atoms with Gasteiger partial charge in [0, 0.05) is 36.7 Å². The van der Waals surface area contributed by atoms with Gasteiger partial charge < -0.3 is 4.57 Å². The number of aromatic nitrogens is 4. The Hall–Kier alpha value is -2.99. The van der Waals surface area contributed by atoms with E-state index in [1.807, 2.05) is 77.0 Å². The van der Waals surface area contributed by atoms with Crippen LogP contribution in [0.25, 0.3) is 11.5 Å². The van der Waals surface area contributed by atoms with E-state index in [1.165, 1.54) is 0 Å². The molecule has 1 atom stereocenters. The Bertz CT molecular complexity index is 1050. The summed E-state index contributed by atoms with van der Waals surface area (Å²) in [6, 6.07) is 15.8. The monoisotopic (exact) mass is 362 g/mol. The Labute approximate surface area is 154 Å². The van der Waals surface area contributed by atoms with E-state index in [1.54, 1.807) is 18.6 Å². The molecule has 0 saturated carbocycles. The molecule has 3 heterocycles. The molecule has 130 valence electrons. The SMILES string of the molecule is Cc1cccnc1-n1ccnc1S(=O)Cc1ccccc1-n1cccc1. The fourth-order valence-corrected chi connectivity index (χ4v) is 4.14. The van der Waals surface area contributed by atoms with Crippen LogP contribution in [0.2, 0.25) is 0 Å². The molecule has 1 unspecified atom stereocenters. The van der Waals surface area contributed by atoms with Crippen molar-refractivity contribution >= 4 is 10.8 Å². The van der Waals surface area contributed by atoms with Crippen molar-refractivity contribution in [2.45, 2.75) is 17.8 Å². The van der Waals surface area contributed by atoms with E-state index < -0.39 is 10.8 Å². The zero-order valence-corrected chi connectivity index (χ0v) is 15.1. The van der Waals surface area contributed by atoms with Crippen LogP contribution in [0.3, 0.4) is 0 Å². The van der Waals surface area contributed by atoms with Gasteiger partial charge >= 0.3 is 0 Å². The van der Waals surface area contributed by atoms with Gasteiger partial charge in [-0.05, 0) is 42.3 Å². The van der Waals surface area contributed by atoms with E-state index in [4.69, 9.17) is 0 Å². The number of pyridine rings is 1. The van der Waals surface area contributed by atoms with Gasteiger partial charge in [-0.1, -0.05) is 24.3 Å². The summed E-state index contributed by atoms with van der Waals surface area (Å²) in [6.07, 6.45) is 9.18. The minimum atomic E-state index is -1.30. The topological polar surface area (TPSA) is 52.7 Å². The Morgan fingerprint density at radius 1 is 0.923 bits per heavy atom. The van der Waals surface area contributed by atoms with Gasteiger partial charge in [0.15, 0.2) is 0 Å². The second-order valence-electron chi connectivity index (χ2n) is 5.93. The van der Waals surface area contributed by atoms with Crippen molar-refractivity contribution in [1.82, 2.24) is 19.1 Å². The summed E-state index contributed by atoms with van der Waals surface area (Å²) in [5.74, 6) is 1.14. The molecule has 0 aliphatic rings. The largest absolute Gasteiger partial charge is 0.324 e. The van der Waals surface area contributed by atoms with E-state index in [2.05, 4.69) is 9.97 Å². The van der Waals surface area contributed by atoms with Crippen LogP contribution in [0.1, 0.15) is 11.1 Å². The standard InChI is InChI=1S/C20H18N4OS/c1-16-7-6-10-21-19(16)24-14-11-22-20(24)26(25)15-17-8-2-3-9-18(17)23-12-4-5-13-23/h2-14H,15H2,1H3. The van der Waals surface area contributed by atoms with Gasteiger partial charge in [-0.25, -0.2) is 9.97 Å². The zero-order chi connectivity index (χ0) is 17.9. The Balaban J connectivity index is 1.68. The number of aryl methyl sites for hydroxylation is 1. The number of benzene rings is 1. The molecule has 0 aliphatic carbocycles. The molecule has 0 amide bonds. The van der Waals surface area contributed by atoms with Crippen LogP contribution < -0.4 is 0 Å². The summed E-state index contributed by atoms with van der Waals surface area (Å²) < 4.78 is 16.9. The second kappa shape index (κ2) is 7.09. The van der Waals surface area contributed by atoms with E-state index >= 15 is 0 Å². The number of imidazole rings is 1. The van der Waals surface area contributed by atoms with Crippen LogP contribution >= 0.6 is 0 Å². The molecule has 0 saturated heterocycles. The maximum Gasteiger partial charge on any atom is 0.205 e. The minimum absolute atomic E-state index is 0.386. The normalized spacial score (nSPS) is 12.2. The van der Waals surface area contributed by atoms with Gasteiger partial charge in [0.05, 0.1) is 16.6 Å². The maximum absolute atomic E-state index is 13.1. The lowest BCUT2D eigenvalue weighted by Gasteiger charge is -2.12. The smallest absolute Gasteiger partial charge is 0.205 e. The third-order valence-electron chi connectivity index (χ3n) is 4.18. The summed E-state index contributed by atoms with van der Waals surface area (Å²) in [4.78, 5) is 8.75. The molecule has 0 fully saturated rings. The lowest BCUT2D eigenvalue weighted by atomic mass is 10.2. The van der Waals surface area contributed by atoms with Crippen molar-refractivity contribution < 1.29 is 4.21 Å². The van der Waals surface area contributed by atoms with Gasteiger partial charge in [-0.3, -0.25) is 8.78 Å². The lowest BCUT2D eigenvalue weighted by molar-refractivity contribution is 0.670. The Kier molecular flexibility index (Phi) is 4.50. The lowest BCUT2D eigenvalue weighted by Crippen LogP contribution is -2.09. The first-order valence-corrected chi connectivity index (χ1v) is 9.61. The summed E-state index contributed by atoms with van der Waals surface area (Å²) in [7, 11) is -1.30. The van der Waals surface area contributed by atoms with Gasteiger partial charge in [-0.2, -0.15) is 0 Å². The van der Waals surface area contributed by atoms with E-state index in [0.717, 1.165) is 22.6 Å². The number of para-hydroxylation sites is 1. The maximum atomic E-state index is 13.1. The van der Waals surface area contributed by atoms with Gasteiger partial charge in [0.2, 0.25) is 5.16 Å². The van der Waals surface area contributed by atoms with Crippen molar-refractivity contribution in [1.29, 1.82) is 0 Å². The average Bonchev–Trinajstić information content (AvgIpc) is 3.34. The highest BCUT2D eigenvalue weighted by molar-refractivity contribution is 7.84. The molecule has 1 aromatic carbocycles. The molecular weight excluding hydrogens is 344 g/mol. The van der Waals surface area contributed by atoms with Crippen LogP contribution in [0, 0.1) is 6.92 Å². The van der Waals surface area contributed by atoms with Crippen LogP contribution in [0.5, 0.6) is 0 Å². The second-order valence-corrected chi connectivity index (χ2v) is 7.28. The fourth-order valence-electron chi connectivity index (χ4n) is 2.93. The number of hydrogen-bond acceptors (Lipinski definition) is 3. The van der Waals surface area contributed by atoms with Crippen molar-refractivity contribution in [3.05, 3.63) is 90.6 Å². The first kappa shape index (κ1) is 16.5. The first-order valence-electron chi connectivity index (χ1n) is 8.29. The van der Waals surface area contributed by atoms with Gasteiger partial charge in [0.1, 0.15) is 5.82 Å². The van der Waals surface area contributed by atoms with Gasteiger partial charge in [0.25, 0.3) is 0 Å². The van der Waals surface area contributed by atoms with Gasteiger partial charge in [-0.15, -0.1) is 0 Å². The summed E-state index contributed by atoms with van der Waals surface area (Å²) in [6.45, 7) is 1.98. The highest BCUT2D eigenvalue weighted by atomic mass is 32.2. The quantitative estimate of drug-likeness (QED) is 0.544. The Morgan fingerprint density at radius 2 is 1.73 bits per heavy atom. The molecule has 0 radical (unpaired) electrons. The van der Waals surface area contributed by atoms with Crippen LogP contribution in [-0.4, -0.2) is 23.3 Å². The molecule has 0 aliphatic heterocycles. The fraction of sp³-hybridized carbons (Fsp3) is 0.100. The predicted octanol–water partition coefficient (Wildman–Crippen LogP) is 3.67. The number of hydrogen-bond donors (Lipinski definition) is 0. The third-order valence-corrected chi connectivity index (χ3v) is 5.46. The van der Waals surface area contributed by atoms with E-state index in [0.29, 0.717) is 10.9 Å². The molecule has 4 aromatic rings. The molecule has 0 N–H and O–H groups in total. The molecule has 0 spiro atoms. The predicted molar refractivity (Wildman–Crippen MR) is 102 cm³/mol. The van der Waals surface area contributed by atoms with Crippen LogP contribution in [0.4, 0.5) is 0 Å². The van der Waals surface area contributed by atoms with Crippen molar-refractivity contribution in [2.24, 2.45) is 0 Å². The molecule has 0 bridgehead atoms. The first-order chi connectivity index (χ1) is 12.7. The number of rotatable bonds is 5. The molecule has 26 heavy (non-hydrogen) atoms. The summed E-state index contributed by atoms with van der Waals surface area (Å²) in [5, 5.41) is 0.508. The van der Waals surface area contributed by atoms with Crippen LogP contribution in [-0.2, 0) is 16.6 Å². The number of nitrogens with zero attached hydrogens (tertiary/aromatic N) is 4. The van der Waals surface area contributed by atoms with Crippen LogP contribution in [0.15, 0.2) is 84.7 Å². The molecule has 5 nitrogen and oxygen atoms in total. The highest BCUT2D eigenvalue weighted by Gasteiger charge is 2.16. The summed E-state index contributed by atoms with van der Waals surface area (Å²) in [5.41, 5.74) is 3.05. The average molecular weight is 362 g/mol. The van der Waals surface area contributed by atoms with E-state index in [-0.39, 0.29) is 0 Å². The van der Waals surface area contributed by atoms with E-state index in [9.17, 15) is 4.21 Å². The van der Waals surface area contributed by atoms with Crippen molar-refractivity contribution in [3.8, 4) is 11.5 Å². The Morgan fingerprint density at radius 3 is 2.54 bits per heavy atom. The minimum Gasteiger partial charge on any atom is -0.324 e. The van der Waals surface area contributed by atoms with Crippen molar-refractivity contribution in [3.63, 3.8) is 0 Å². The van der Waals surface area contributed by atoms with Crippen molar-refractivity contribution in [2.75, 3.05) is 0 Å². The molecular formula is C20H18N4OS. The molecule has 4 rings (SSSR count). The third kappa shape index (κ3) is 3.11. The molecule has 3 aromatic heterocycles.